The van der Waals surface area contributed by atoms with Crippen LogP contribution in [-0.4, -0.2) is 74.0 Å². The second kappa shape index (κ2) is 11.0. The molecule has 0 aromatic heterocycles. The van der Waals surface area contributed by atoms with Gasteiger partial charge < -0.3 is 19.5 Å². The Labute approximate surface area is 182 Å². The number of hydrogen-bond acceptors (Lipinski definition) is 5. The van der Waals surface area contributed by atoms with Gasteiger partial charge in [-0.3, -0.25) is 4.90 Å². The molecule has 1 N–H and O–H groups in total. The number of rotatable bonds is 9. The number of halogens is 2. The van der Waals surface area contributed by atoms with E-state index in [-0.39, 0.29) is 6.61 Å². The van der Waals surface area contributed by atoms with E-state index in [2.05, 4.69) is 9.80 Å². The van der Waals surface area contributed by atoms with Crippen LogP contribution in [0.1, 0.15) is 5.56 Å². The Kier molecular flexibility index (Phi) is 8.45. The number of β-amino-alcohol motifs (C(OH)–C–C–N with tert-alkyl or cyclic N) is 1. The Balaban J connectivity index is 1.37. The molecule has 1 saturated heterocycles. The van der Waals surface area contributed by atoms with Crippen molar-refractivity contribution in [3.8, 4) is 11.5 Å². The first-order chi connectivity index (χ1) is 14.0. The third-order valence-electron chi connectivity index (χ3n) is 5.15. The number of ether oxygens (including phenoxy) is 2. The minimum Gasteiger partial charge on any atom is -0.493 e. The van der Waals surface area contributed by atoms with Crippen LogP contribution < -0.4 is 9.47 Å². The Morgan fingerprint density at radius 3 is 2.38 bits per heavy atom. The van der Waals surface area contributed by atoms with Crippen molar-refractivity contribution in [3.63, 3.8) is 0 Å². The van der Waals surface area contributed by atoms with Gasteiger partial charge in [0, 0.05) is 49.3 Å². The van der Waals surface area contributed by atoms with Crippen molar-refractivity contribution in [1.82, 2.24) is 9.80 Å². The minimum atomic E-state index is -0.542. The molecule has 3 rings (SSSR count). The highest BCUT2D eigenvalue weighted by atomic mass is 35.5. The van der Waals surface area contributed by atoms with Crippen molar-refractivity contribution < 1.29 is 14.6 Å². The second-order valence-electron chi connectivity index (χ2n) is 7.24. The molecule has 1 atom stereocenters. The van der Waals surface area contributed by atoms with Crippen molar-refractivity contribution in [2.24, 2.45) is 0 Å². The maximum absolute atomic E-state index is 10.4. The molecule has 1 aliphatic heterocycles. The highest BCUT2D eigenvalue weighted by Crippen LogP contribution is 2.26. The largest absolute Gasteiger partial charge is 0.493 e. The van der Waals surface area contributed by atoms with E-state index in [1.54, 1.807) is 13.2 Å². The summed E-state index contributed by atoms with van der Waals surface area (Å²) in [5, 5.41) is 11.7. The van der Waals surface area contributed by atoms with Gasteiger partial charge in [-0.15, -0.1) is 0 Å². The maximum Gasteiger partial charge on any atom is 0.161 e. The van der Waals surface area contributed by atoms with Gasteiger partial charge in [0.1, 0.15) is 12.7 Å². The van der Waals surface area contributed by atoms with E-state index in [1.165, 1.54) is 0 Å². The van der Waals surface area contributed by atoms with Crippen LogP contribution in [0, 0.1) is 0 Å². The summed E-state index contributed by atoms with van der Waals surface area (Å²) in [7, 11) is 1.61. The molecule has 0 saturated carbocycles. The summed E-state index contributed by atoms with van der Waals surface area (Å²) in [5.74, 6) is 1.33. The van der Waals surface area contributed by atoms with E-state index < -0.39 is 6.10 Å². The lowest BCUT2D eigenvalue weighted by Gasteiger charge is -2.35. The molecule has 158 valence electrons. The van der Waals surface area contributed by atoms with Crippen molar-refractivity contribution in [1.29, 1.82) is 0 Å². The predicted molar refractivity (Wildman–Crippen MR) is 118 cm³/mol. The lowest BCUT2D eigenvalue weighted by atomic mass is 10.1. The van der Waals surface area contributed by atoms with Crippen molar-refractivity contribution >= 4 is 23.2 Å². The standard InChI is InChI=1S/C22H28Cl2N2O3/c1-28-21-4-2-3-5-22(21)29-16-19(27)15-26-12-10-25(11-13-26)9-8-17-6-7-18(23)14-20(17)24/h2-7,14,19,27H,8-13,15-16H2,1H3. The van der Waals surface area contributed by atoms with E-state index in [9.17, 15) is 5.11 Å². The van der Waals surface area contributed by atoms with E-state index >= 15 is 0 Å². The van der Waals surface area contributed by atoms with E-state index in [0.717, 1.165) is 49.7 Å². The molecule has 1 unspecified atom stereocenters. The van der Waals surface area contributed by atoms with Crippen LogP contribution in [0.2, 0.25) is 10.0 Å². The third-order valence-corrected chi connectivity index (χ3v) is 5.73. The van der Waals surface area contributed by atoms with Gasteiger partial charge in [0.2, 0.25) is 0 Å². The van der Waals surface area contributed by atoms with Crippen LogP contribution in [0.25, 0.3) is 0 Å². The van der Waals surface area contributed by atoms with Crippen molar-refractivity contribution in [2.45, 2.75) is 12.5 Å². The zero-order chi connectivity index (χ0) is 20.6. The van der Waals surface area contributed by atoms with Gasteiger partial charge in [-0.05, 0) is 36.2 Å². The molecule has 7 heteroatoms. The number of nitrogens with zero attached hydrogens (tertiary/aromatic N) is 2. The Bertz CT molecular complexity index is 782. The molecule has 2 aromatic carbocycles. The Morgan fingerprint density at radius 1 is 1.00 bits per heavy atom. The first kappa shape index (κ1) is 22.2. The molecule has 0 spiro atoms. The molecule has 1 fully saturated rings. The van der Waals surface area contributed by atoms with Crippen molar-refractivity contribution in [3.05, 3.63) is 58.1 Å². The monoisotopic (exact) mass is 438 g/mol. The van der Waals surface area contributed by atoms with Gasteiger partial charge >= 0.3 is 0 Å². The van der Waals surface area contributed by atoms with E-state index in [1.807, 2.05) is 36.4 Å². The molecule has 29 heavy (non-hydrogen) atoms. The lowest BCUT2D eigenvalue weighted by Crippen LogP contribution is -2.49. The highest BCUT2D eigenvalue weighted by Gasteiger charge is 2.20. The zero-order valence-corrected chi connectivity index (χ0v) is 18.2. The Hall–Kier alpha value is -1.50. The molecule has 1 aliphatic rings. The van der Waals surface area contributed by atoms with Crippen LogP contribution >= 0.6 is 23.2 Å². The van der Waals surface area contributed by atoms with E-state index in [0.29, 0.717) is 23.1 Å². The van der Waals surface area contributed by atoms with Crippen LogP contribution in [0.3, 0.4) is 0 Å². The van der Waals surface area contributed by atoms with E-state index in [4.69, 9.17) is 32.7 Å². The number of hydrogen-bond donors (Lipinski definition) is 1. The SMILES string of the molecule is COc1ccccc1OCC(O)CN1CCN(CCc2ccc(Cl)cc2Cl)CC1. The third kappa shape index (κ3) is 6.76. The van der Waals surface area contributed by atoms with Crippen LogP contribution in [0.15, 0.2) is 42.5 Å². The fourth-order valence-electron chi connectivity index (χ4n) is 3.47. The molecule has 5 nitrogen and oxygen atoms in total. The van der Waals surface area contributed by atoms with Gasteiger partial charge in [0.25, 0.3) is 0 Å². The second-order valence-corrected chi connectivity index (χ2v) is 8.09. The highest BCUT2D eigenvalue weighted by molar-refractivity contribution is 6.35. The molecular formula is C22H28Cl2N2O3. The zero-order valence-electron chi connectivity index (χ0n) is 16.7. The summed E-state index contributed by atoms with van der Waals surface area (Å²) in [4.78, 5) is 4.71. The summed E-state index contributed by atoms with van der Waals surface area (Å²) in [5.41, 5.74) is 1.13. The molecule has 0 amide bonds. The smallest absolute Gasteiger partial charge is 0.161 e. The lowest BCUT2D eigenvalue weighted by molar-refractivity contribution is 0.0457. The quantitative estimate of drug-likeness (QED) is 0.647. The van der Waals surface area contributed by atoms with Crippen LogP contribution in [0.5, 0.6) is 11.5 Å². The summed E-state index contributed by atoms with van der Waals surface area (Å²) in [6.07, 6.45) is 0.366. The first-order valence-electron chi connectivity index (χ1n) is 9.87. The summed E-state index contributed by atoms with van der Waals surface area (Å²) < 4.78 is 11.0. The number of piperazine rings is 1. The molecule has 0 aliphatic carbocycles. The normalized spacial score (nSPS) is 16.6. The predicted octanol–water partition coefficient (Wildman–Crippen LogP) is 3.60. The fourth-order valence-corrected chi connectivity index (χ4v) is 3.98. The maximum atomic E-state index is 10.4. The topological polar surface area (TPSA) is 45.2 Å². The summed E-state index contributed by atoms with van der Waals surface area (Å²) >= 11 is 12.2. The van der Waals surface area contributed by atoms with Gasteiger partial charge in [0.15, 0.2) is 11.5 Å². The average Bonchev–Trinajstić information content (AvgIpc) is 2.73. The average molecular weight is 439 g/mol. The van der Waals surface area contributed by atoms with Crippen molar-refractivity contribution in [2.75, 3.05) is 53.0 Å². The minimum absolute atomic E-state index is 0.246. The molecule has 2 aromatic rings. The number of aliphatic hydroxyl groups is 1. The number of aliphatic hydroxyl groups excluding tert-OH is 1. The number of benzene rings is 2. The fraction of sp³-hybridized carbons (Fsp3) is 0.455. The molecule has 0 radical (unpaired) electrons. The van der Waals surface area contributed by atoms with Gasteiger partial charge in [-0.2, -0.15) is 0 Å². The van der Waals surface area contributed by atoms with Gasteiger partial charge in [-0.1, -0.05) is 41.4 Å². The van der Waals surface area contributed by atoms with Gasteiger partial charge in [0.05, 0.1) is 7.11 Å². The van der Waals surface area contributed by atoms with Crippen LogP contribution in [-0.2, 0) is 6.42 Å². The first-order valence-corrected chi connectivity index (χ1v) is 10.6. The number of methoxy groups -OCH3 is 1. The molecule has 0 bridgehead atoms. The number of para-hydroxylation sites is 2. The van der Waals surface area contributed by atoms with Gasteiger partial charge in [-0.25, -0.2) is 0 Å². The Morgan fingerprint density at radius 2 is 1.69 bits per heavy atom. The van der Waals surface area contributed by atoms with Crippen LogP contribution in [0.4, 0.5) is 0 Å². The summed E-state index contributed by atoms with van der Waals surface area (Å²) in [6, 6.07) is 13.2. The molecule has 1 heterocycles. The molecular weight excluding hydrogens is 411 g/mol. The summed E-state index contributed by atoms with van der Waals surface area (Å²) in [6.45, 7) is 5.63.